The SMILES string of the molecule is Cn1nnc(CO)c1CCCOc1ccc(Cl)cc1Cl. The van der Waals surface area contributed by atoms with Crippen LogP contribution in [0.2, 0.25) is 10.0 Å². The molecule has 2 rings (SSSR count). The van der Waals surface area contributed by atoms with Crippen LogP contribution in [0.5, 0.6) is 5.75 Å². The summed E-state index contributed by atoms with van der Waals surface area (Å²) < 4.78 is 7.27. The van der Waals surface area contributed by atoms with Crippen molar-refractivity contribution in [3.05, 3.63) is 39.6 Å². The fraction of sp³-hybridized carbons (Fsp3) is 0.385. The van der Waals surface area contributed by atoms with Crippen molar-refractivity contribution in [2.75, 3.05) is 6.61 Å². The number of rotatable bonds is 6. The molecule has 0 atom stereocenters. The Labute approximate surface area is 127 Å². The summed E-state index contributed by atoms with van der Waals surface area (Å²) in [5.74, 6) is 0.613. The smallest absolute Gasteiger partial charge is 0.137 e. The third kappa shape index (κ3) is 3.62. The monoisotopic (exact) mass is 315 g/mol. The molecule has 20 heavy (non-hydrogen) atoms. The molecule has 0 amide bonds. The predicted octanol–water partition coefficient (Wildman–Crippen LogP) is 2.63. The van der Waals surface area contributed by atoms with Gasteiger partial charge in [-0.2, -0.15) is 0 Å². The number of aromatic nitrogens is 3. The van der Waals surface area contributed by atoms with Gasteiger partial charge < -0.3 is 9.84 Å². The largest absolute Gasteiger partial charge is 0.492 e. The molecule has 1 aromatic carbocycles. The molecule has 0 saturated carbocycles. The van der Waals surface area contributed by atoms with E-state index in [1.165, 1.54) is 0 Å². The van der Waals surface area contributed by atoms with Crippen LogP contribution < -0.4 is 4.74 Å². The van der Waals surface area contributed by atoms with E-state index in [2.05, 4.69) is 10.3 Å². The molecule has 0 aliphatic heterocycles. The minimum atomic E-state index is -0.104. The second-order valence-corrected chi connectivity index (χ2v) is 5.13. The lowest BCUT2D eigenvalue weighted by Crippen LogP contribution is -2.05. The van der Waals surface area contributed by atoms with E-state index in [1.54, 1.807) is 29.9 Å². The van der Waals surface area contributed by atoms with Crippen LogP contribution in [0.1, 0.15) is 17.8 Å². The first-order valence-corrected chi connectivity index (χ1v) is 6.93. The van der Waals surface area contributed by atoms with Gasteiger partial charge in [0.05, 0.1) is 23.9 Å². The van der Waals surface area contributed by atoms with E-state index < -0.39 is 0 Å². The molecule has 1 heterocycles. The summed E-state index contributed by atoms with van der Waals surface area (Å²) in [7, 11) is 1.80. The molecule has 0 aliphatic carbocycles. The summed E-state index contributed by atoms with van der Waals surface area (Å²) in [5, 5.41) is 18.0. The molecule has 0 aliphatic rings. The van der Waals surface area contributed by atoms with E-state index in [1.807, 2.05) is 0 Å². The summed E-state index contributed by atoms with van der Waals surface area (Å²) in [4.78, 5) is 0. The molecule has 0 fully saturated rings. The van der Waals surface area contributed by atoms with Crippen molar-refractivity contribution in [3.63, 3.8) is 0 Å². The van der Waals surface area contributed by atoms with Crippen molar-refractivity contribution in [3.8, 4) is 5.75 Å². The predicted molar refractivity (Wildman–Crippen MR) is 77.2 cm³/mol. The van der Waals surface area contributed by atoms with Crippen molar-refractivity contribution in [1.29, 1.82) is 0 Å². The van der Waals surface area contributed by atoms with Crippen LogP contribution in [-0.2, 0) is 20.1 Å². The zero-order valence-electron chi connectivity index (χ0n) is 11.0. The van der Waals surface area contributed by atoms with Crippen LogP contribution in [0.4, 0.5) is 0 Å². The van der Waals surface area contributed by atoms with Gasteiger partial charge in [-0.15, -0.1) is 5.10 Å². The van der Waals surface area contributed by atoms with Crippen molar-refractivity contribution in [2.45, 2.75) is 19.4 Å². The maximum atomic E-state index is 9.15. The maximum Gasteiger partial charge on any atom is 0.137 e. The topological polar surface area (TPSA) is 60.2 Å². The van der Waals surface area contributed by atoms with Gasteiger partial charge in [-0.1, -0.05) is 28.4 Å². The Hall–Kier alpha value is -1.30. The number of halogens is 2. The van der Waals surface area contributed by atoms with Gasteiger partial charge in [0.1, 0.15) is 11.4 Å². The Morgan fingerprint density at radius 3 is 2.85 bits per heavy atom. The molecular formula is C13H15Cl2N3O2. The van der Waals surface area contributed by atoms with Crippen LogP contribution in [0.15, 0.2) is 18.2 Å². The average Bonchev–Trinajstić information content (AvgIpc) is 2.77. The highest BCUT2D eigenvalue weighted by molar-refractivity contribution is 6.35. The first-order valence-electron chi connectivity index (χ1n) is 6.18. The second-order valence-electron chi connectivity index (χ2n) is 4.29. The minimum absolute atomic E-state index is 0.104. The molecule has 0 spiro atoms. The van der Waals surface area contributed by atoms with Crippen molar-refractivity contribution >= 4 is 23.2 Å². The van der Waals surface area contributed by atoms with Crippen LogP contribution in [0, 0.1) is 0 Å². The third-order valence-corrected chi connectivity index (χ3v) is 3.41. The van der Waals surface area contributed by atoms with Crippen molar-refractivity contribution in [1.82, 2.24) is 15.0 Å². The summed E-state index contributed by atoms with van der Waals surface area (Å²) in [6.45, 7) is 0.407. The van der Waals surface area contributed by atoms with Crippen LogP contribution in [-0.4, -0.2) is 26.7 Å². The molecule has 0 radical (unpaired) electrons. The summed E-state index contributed by atoms with van der Waals surface area (Å²) in [6, 6.07) is 5.13. The number of nitrogens with zero attached hydrogens (tertiary/aromatic N) is 3. The van der Waals surface area contributed by atoms with E-state index in [-0.39, 0.29) is 6.61 Å². The molecule has 1 aromatic heterocycles. The Balaban J connectivity index is 1.86. The number of aliphatic hydroxyl groups excluding tert-OH is 1. The van der Waals surface area contributed by atoms with Gasteiger partial charge in [0.2, 0.25) is 0 Å². The molecule has 0 saturated heterocycles. The highest BCUT2D eigenvalue weighted by atomic mass is 35.5. The van der Waals surface area contributed by atoms with Crippen LogP contribution in [0.25, 0.3) is 0 Å². The van der Waals surface area contributed by atoms with Gasteiger partial charge in [0.25, 0.3) is 0 Å². The lowest BCUT2D eigenvalue weighted by Gasteiger charge is -2.08. The van der Waals surface area contributed by atoms with Crippen molar-refractivity contribution < 1.29 is 9.84 Å². The molecule has 0 bridgehead atoms. The number of aliphatic hydroxyl groups is 1. The van der Waals surface area contributed by atoms with Gasteiger partial charge in [-0.3, -0.25) is 4.68 Å². The minimum Gasteiger partial charge on any atom is -0.492 e. The molecule has 108 valence electrons. The lowest BCUT2D eigenvalue weighted by atomic mass is 10.2. The quantitative estimate of drug-likeness (QED) is 0.832. The van der Waals surface area contributed by atoms with E-state index in [4.69, 9.17) is 33.0 Å². The van der Waals surface area contributed by atoms with Gasteiger partial charge >= 0.3 is 0 Å². The van der Waals surface area contributed by atoms with Gasteiger partial charge in [-0.05, 0) is 31.0 Å². The zero-order valence-corrected chi connectivity index (χ0v) is 12.5. The normalized spacial score (nSPS) is 10.8. The lowest BCUT2D eigenvalue weighted by molar-refractivity contribution is 0.274. The summed E-state index contributed by atoms with van der Waals surface area (Å²) in [5.41, 5.74) is 1.52. The highest BCUT2D eigenvalue weighted by Crippen LogP contribution is 2.27. The summed E-state index contributed by atoms with van der Waals surface area (Å²) in [6.07, 6.45) is 1.50. The van der Waals surface area contributed by atoms with Gasteiger partial charge in [0, 0.05) is 12.1 Å². The zero-order chi connectivity index (χ0) is 14.5. The number of aryl methyl sites for hydroxylation is 1. The maximum absolute atomic E-state index is 9.15. The molecule has 0 unspecified atom stereocenters. The van der Waals surface area contributed by atoms with Gasteiger partial charge in [0.15, 0.2) is 0 Å². The second kappa shape index (κ2) is 6.92. The Kier molecular flexibility index (Phi) is 5.23. The molecule has 2 aromatic rings. The van der Waals surface area contributed by atoms with E-state index in [9.17, 15) is 0 Å². The Bertz CT molecular complexity index is 587. The number of hydrogen-bond donors (Lipinski definition) is 1. The van der Waals surface area contributed by atoms with Gasteiger partial charge in [-0.25, -0.2) is 0 Å². The summed E-state index contributed by atoms with van der Waals surface area (Å²) >= 11 is 11.8. The Morgan fingerprint density at radius 2 is 2.15 bits per heavy atom. The fourth-order valence-corrected chi connectivity index (χ4v) is 2.33. The van der Waals surface area contributed by atoms with E-state index >= 15 is 0 Å². The van der Waals surface area contributed by atoms with Crippen molar-refractivity contribution in [2.24, 2.45) is 7.05 Å². The first kappa shape index (κ1) is 15.1. The Morgan fingerprint density at radius 1 is 1.35 bits per heavy atom. The number of hydrogen-bond acceptors (Lipinski definition) is 4. The average molecular weight is 316 g/mol. The molecule has 5 nitrogen and oxygen atoms in total. The molecule has 7 heteroatoms. The highest BCUT2D eigenvalue weighted by Gasteiger charge is 2.09. The first-order chi connectivity index (χ1) is 9.61. The fourth-order valence-electron chi connectivity index (χ4n) is 1.86. The standard InChI is InChI=1S/C13H15Cl2N3O2/c1-18-12(11(8-19)16-17-18)3-2-6-20-13-5-4-9(14)7-10(13)15/h4-5,7,19H,2-3,6,8H2,1H3. The molecule has 1 N–H and O–H groups in total. The van der Waals surface area contributed by atoms with Crippen LogP contribution >= 0.6 is 23.2 Å². The van der Waals surface area contributed by atoms with E-state index in [0.717, 1.165) is 18.5 Å². The third-order valence-electron chi connectivity index (χ3n) is 2.88. The van der Waals surface area contributed by atoms with E-state index in [0.29, 0.717) is 28.1 Å². The van der Waals surface area contributed by atoms with Crippen LogP contribution in [0.3, 0.4) is 0 Å². The number of ether oxygens (including phenoxy) is 1. The molecular weight excluding hydrogens is 301 g/mol. The number of benzene rings is 1.